The second kappa shape index (κ2) is 5.80. The van der Waals surface area contributed by atoms with Gasteiger partial charge in [-0.25, -0.2) is 4.39 Å². The first kappa shape index (κ1) is 14.2. The first-order valence-corrected chi connectivity index (χ1v) is 6.35. The number of anilines is 1. The summed E-state index contributed by atoms with van der Waals surface area (Å²) in [5.41, 5.74) is 6.32. The van der Waals surface area contributed by atoms with Crippen molar-refractivity contribution in [1.82, 2.24) is 0 Å². The molecule has 6 heteroatoms. The quantitative estimate of drug-likeness (QED) is 0.864. The van der Waals surface area contributed by atoms with Gasteiger partial charge in [0.25, 0.3) is 0 Å². The molecule has 2 aromatic carbocycles. The largest absolute Gasteiger partial charge is 0.493 e. The molecule has 0 heterocycles. The number of halogens is 2. The lowest BCUT2D eigenvalue weighted by Crippen LogP contribution is -1.95. The number of hydrogen-bond donors (Lipinski definition) is 1. The summed E-state index contributed by atoms with van der Waals surface area (Å²) in [4.78, 5) is 0. The normalized spacial score (nSPS) is 9.90. The molecule has 0 unspecified atom stereocenters. The van der Waals surface area contributed by atoms with Crippen LogP contribution in [0.2, 0.25) is 0 Å². The summed E-state index contributed by atoms with van der Waals surface area (Å²) in [6.07, 6.45) is 0. The highest BCUT2D eigenvalue weighted by atomic mass is 79.9. The molecule has 0 amide bonds. The van der Waals surface area contributed by atoms with Crippen LogP contribution in [0, 0.1) is 17.1 Å². The number of nitriles is 1. The highest BCUT2D eigenvalue weighted by Gasteiger charge is 2.15. The molecule has 0 aliphatic rings. The number of ether oxygens (including phenoxy) is 2. The van der Waals surface area contributed by atoms with Crippen molar-refractivity contribution in [2.75, 3.05) is 12.8 Å². The van der Waals surface area contributed by atoms with Gasteiger partial charge >= 0.3 is 0 Å². The van der Waals surface area contributed by atoms with Gasteiger partial charge in [-0.3, -0.25) is 0 Å². The summed E-state index contributed by atoms with van der Waals surface area (Å²) < 4.78 is 24.7. The van der Waals surface area contributed by atoms with Gasteiger partial charge in [0.1, 0.15) is 6.07 Å². The van der Waals surface area contributed by atoms with Gasteiger partial charge in [0, 0.05) is 11.8 Å². The molecular formula is C14H10BrFN2O2. The Morgan fingerprint density at radius 1 is 1.20 bits per heavy atom. The van der Waals surface area contributed by atoms with E-state index in [1.807, 2.05) is 6.07 Å². The van der Waals surface area contributed by atoms with Crippen molar-refractivity contribution in [2.24, 2.45) is 0 Å². The standard InChI is InChI=1S/C14H10BrFN2O2/c1-19-10-5-3-9(18)6-12(10)20-11-4-2-8(7-17)13(15)14(11)16/h2-6H,18H2,1H3. The maximum absolute atomic E-state index is 14.1. The molecule has 2 aromatic rings. The smallest absolute Gasteiger partial charge is 0.181 e. The molecule has 0 fully saturated rings. The lowest BCUT2D eigenvalue weighted by molar-refractivity contribution is 0.370. The highest BCUT2D eigenvalue weighted by Crippen LogP contribution is 2.36. The van der Waals surface area contributed by atoms with Crippen LogP contribution in [0.1, 0.15) is 5.56 Å². The molecule has 0 saturated heterocycles. The first-order valence-electron chi connectivity index (χ1n) is 5.56. The third-order valence-electron chi connectivity index (χ3n) is 2.57. The predicted molar refractivity (Wildman–Crippen MR) is 76.3 cm³/mol. The fourth-order valence-corrected chi connectivity index (χ4v) is 2.00. The number of nitrogen functional groups attached to an aromatic ring is 1. The monoisotopic (exact) mass is 336 g/mol. The van der Waals surface area contributed by atoms with Crippen LogP contribution >= 0.6 is 15.9 Å². The number of methoxy groups -OCH3 is 1. The number of hydrogen-bond acceptors (Lipinski definition) is 4. The Balaban J connectivity index is 2.43. The predicted octanol–water partition coefficient (Wildman–Crippen LogP) is 3.84. The molecule has 0 aliphatic heterocycles. The minimum Gasteiger partial charge on any atom is -0.493 e. The van der Waals surface area contributed by atoms with Crippen LogP contribution in [0.25, 0.3) is 0 Å². The summed E-state index contributed by atoms with van der Waals surface area (Å²) in [6, 6.07) is 9.52. The van der Waals surface area contributed by atoms with Crippen LogP contribution in [0.3, 0.4) is 0 Å². The lowest BCUT2D eigenvalue weighted by Gasteiger charge is -2.12. The van der Waals surface area contributed by atoms with Crippen LogP contribution in [-0.2, 0) is 0 Å². The molecule has 0 aliphatic carbocycles. The molecule has 0 spiro atoms. The summed E-state index contributed by atoms with van der Waals surface area (Å²) >= 11 is 3.02. The summed E-state index contributed by atoms with van der Waals surface area (Å²) in [7, 11) is 1.48. The van der Waals surface area contributed by atoms with Gasteiger partial charge in [0.2, 0.25) is 0 Å². The van der Waals surface area contributed by atoms with Crippen LogP contribution in [0.5, 0.6) is 17.2 Å². The Kier molecular flexibility index (Phi) is 4.11. The molecule has 2 N–H and O–H groups in total. The third-order valence-corrected chi connectivity index (χ3v) is 3.35. The zero-order chi connectivity index (χ0) is 14.7. The maximum Gasteiger partial charge on any atom is 0.181 e. The van der Waals surface area contributed by atoms with E-state index in [2.05, 4.69) is 15.9 Å². The second-order valence-electron chi connectivity index (χ2n) is 3.86. The second-order valence-corrected chi connectivity index (χ2v) is 4.66. The van der Waals surface area contributed by atoms with Crippen molar-refractivity contribution in [1.29, 1.82) is 5.26 Å². The average molecular weight is 337 g/mol. The van der Waals surface area contributed by atoms with Gasteiger partial charge in [-0.2, -0.15) is 5.26 Å². The van der Waals surface area contributed by atoms with E-state index in [1.54, 1.807) is 12.1 Å². The van der Waals surface area contributed by atoms with Gasteiger partial charge in [0.05, 0.1) is 17.1 Å². The number of nitrogens with zero attached hydrogens (tertiary/aromatic N) is 1. The molecule has 0 atom stereocenters. The van der Waals surface area contributed by atoms with Crippen molar-refractivity contribution in [3.63, 3.8) is 0 Å². The Morgan fingerprint density at radius 2 is 1.90 bits per heavy atom. The van der Waals surface area contributed by atoms with E-state index in [1.165, 1.54) is 25.3 Å². The number of benzene rings is 2. The Morgan fingerprint density at radius 3 is 2.55 bits per heavy atom. The van der Waals surface area contributed by atoms with Crippen LogP contribution in [-0.4, -0.2) is 7.11 Å². The van der Waals surface area contributed by atoms with Crippen molar-refractivity contribution in [3.05, 3.63) is 46.2 Å². The number of rotatable bonds is 3. The SMILES string of the molecule is COc1ccc(N)cc1Oc1ccc(C#N)c(Br)c1F. The zero-order valence-corrected chi connectivity index (χ0v) is 12.1. The van der Waals surface area contributed by atoms with E-state index in [9.17, 15) is 4.39 Å². The molecule has 102 valence electrons. The van der Waals surface area contributed by atoms with Crippen molar-refractivity contribution in [2.45, 2.75) is 0 Å². The van der Waals surface area contributed by atoms with E-state index in [-0.39, 0.29) is 15.8 Å². The van der Waals surface area contributed by atoms with E-state index in [0.29, 0.717) is 17.2 Å². The van der Waals surface area contributed by atoms with E-state index in [4.69, 9.17) is 20.5 Å². The minimum absolute atomic E-state index is 0.0280. The maximum atomic E-state index is 14.1. The van der Waals surface area contributed by atoms with Gasteiger partial charge in [-0.05, 0) is 40.2 Å². The van der Waals surface area contributed by atoms with E-state index in [0.717, 1.165) is 0 Å². The van der Waals surface area contributed by atoms with Gasteiger partial charge in [-0.1, -0.05) is 0 Å². The summed E-state index contributed by atoms with van der Waals surface area (Å²) in [5.74, 6) is 0.0374. The summed E-state index contributed by atoms with van der Waals surface area (Å²) in [5, 5.41) is 8.82. The molecule has 0 saturated carbocycles. The fraction of sp³-hybridized carbons (Fsp3) is 0.0714. The average Bonchev–Trinajstić information content (AvgIpc) is 2.44. The minimum atomic E-state index is -0.659. The van der Waals surface area contributed by atoms with Crippen molar-refractivity contribution >= 4 is 21.6 Å². The van der Waals surface area contributed by atoms with Crippen molar-refractivity contribution < 1.29 is 13.9 Å². The molecule has 0 radical (unpaired) electrons. The Labute approximate surface area is 123 Å². The zero-order valence-electron chi connectivity index (χ0n) is 10.5. The van der Waals surface area contributed by atoms with Crippen LogP contribution in [0.15, 0.2) is 34.8 Å². The topological polar surface area (TPSA) is 68.3 Å². The Hall–Kier alpha value is -2.26. The highest BCUT2D eigenvalue weighted by molar-refractivity contribution is 9.10. The summed E-state index contributed by atoms with van der Waals surface area (Å²) in [6.45, 7) is 0. The fourth-order valence-electron chi connectivity index (χ4n) is 1.59. The molecule has 0 aromatic heterocycles. The molecule has 2 rings (SSSR count). The van der Waals surface area contributed by atoms with Gasteiger partial charge in [-0.15, -0.1) is 0 Å². The number of nitrogens with two attached hydrogens (primary N) is 1. The van der Waals surface area contributed by atoms with Gasteiger partial charge in [0.15, 0.2) is 23.1 Å². The lowest BCUT2D eigenvalue weighted by atomic mass is 10.2. The molecule has 4 nitrogen and oxygen atoms in total. The van der Waals surface area contributed by atoms with Crippen molar-refractivity contribution in [3.8, 4) is 23.3 Å². The van der Waals surface area contributed by atoms with Crippen LogP contribution in [0.4, 0.5) is 10.1 Å². The first-order chi connectivity index (χ1) is 9.56. The third kappa shape index (κ3) is 2.68. The molecule has 20 heavy (non-hydrogen) atoms. The van der Waals surface area contributed by atoms with E-state index < -0.39 is 5.82 Å². The Bertz CT molecular complexity index is 698. The van der Waals surface area contributed by atoms with E-state index >= 15 is 0 Å². The van der Waals surface area contributed by atoms with Crippen LogP contribution < -0.4 is 15.2 Å². The molecular weight excluding hydrogens is 327 g/mol. The van der Waals surface area contributed by atoms with Gasteiger partial charge < -0.3 is 15.2 Å². The molecule has 0 bridgehead atoms.